The van der Waals surface area contributed by atoms with Crippen LogP contribution in [-0.4, -0.2) is 30.3 Å². The van der Waals surface area contributed by atoms with E-state index in [4.69, 9.17) is 15.2 Å². The average molecular weight is 1480 g/mol. The van der Waals surface area contributed by atoms with E-state index in [2.05, 4.69) is 33.2 Å². The van der Waals surface area contributed by atoms with E-state index in [1.807, 2.05) is 107 Å². The molecule has 0 saturated heterocycles. The Morgan fingerprint density at radius 2 is 0.862 bits per heavy atom. The first-order valence-electron chi connectivity index (χ1n) is 54.4. The summed E-state index contributed by atoms with van der Waals surface area (Å²) in [7, 11) is -14.2. The van der Waals surface area contributed by atoms with Gasteiger partial charge in [-0.05, 0) is 168 Å². The zero-order chi connectivity index (χ0) is 109. The summed E-state index contributed by atoms with van der Waals surface area (Å²) >= 11 is 0. The molecule has 5 nitrogen and oxygen atoms in total. The number of ether oxygens (including phenoxy) is 1. The molecule has 0 saturated carbocycles. The lowest BCUT2D eigenvalue weighted by Crippen LogP contribution is -2.76. The van der Waals surface area contributed by atoms with Crippen LogP contribution < -0.4 is 50.8 Å². The molecule has 0 N–H and O–H groups in total. The summed E-state index contributed by atoms with van der Waals surface area (Å²) in [6, 6.07) is -16.9. The van der Waals surface area contributed by atoms with Gasteiger partial charge in [-0.3, -0.25) is 13.7 Å². The maximum absolute atomic E-state index is 11.8. The standard InChI is InChI=1S/C102H88N4OSi2/c1-100(2,3)77-59-60-103-98(68-77)106-93-54-32-31-53-90(93)91-57-56-82(70-95(91)106)107-81-39-34-38-80(69-81)104-71-105(94-58-55-73(65-96(94)104)75-61-78(101(4,5)6)67-79(62-75)102(7,8)9)99-92(74-37-33-52-89(63-74)108(83-40-19-11-20-41-83,84-42-21-12-22-43-84)85-44-23-13-24-45-85)64-76(72-35-17-10-18-36-72)66-97(99)109(86-46-25-14-26-47-86,87-48-27-15-28-49-87)88-50-29-16-30-51-88/h10-70H,1-9H3/i10D,11D,12D,13D,14D,15D,16D,17D,18D,19D,20D,21D,22D,23D,24D,25D,26D,27D,28D,29D,30D,33D,35D,36D,37D,40D,41D,42D,43D,44D,45D,46D,47D,48D,49D,50D,51D,52D,63D. The molecule has 0 unspecified atom stereocenters. The highest BCUT2D eigenvalue weighted by Crippen LogP contribution is 2.40. The maximum Gasteiger partial charge on any atom is 0.269 e. The molecule has 0 amide bonds. The molecule has 17 aromatic rings. The fourth-order valence-electron chi connectivity index (χ4n) is 14.1. The summed E-state index contributed by atoms with van der Waals surface area (Å²) in [5.41, 5.74) is -2.00. The highest BCUT2D eigenvalue weighted by atomic mass is 28.3. The number of rotatable bonds is 16. The molecule has 109 heavy (non-hydrogen) atoms. The molecule has 0 bridgehead atoms. The molecule has 7 heteroatoms. The van der Waals surface area contributed by atoms with Gasteiger partial charge in [0.2, 0.25) is 0 Å². The van der Waals surface area contributed by atoms with E-state index in [9.17, 15) is 48.0 Å². The molecule has 0 aliphatic rings. The van der Waals surface area contributed by atoms with Gasteiger partial charge in [-0.2, -0.15) is 0 Å². The van der Waals surface area contributed by atoms with Crippen molar-refractivity contribution in [3.63, 3.8) is 0 Å². The zero-order valence-corrected chi connectivity index (χ0v) is 62.4. The van der Waals surface area contributed by atoms with Gasteiger partial charge in [0.25, 0.3) is 6.33 Å². The predicted molar refractivity (Wildman–Crippen MR) is 462 cm³/mol. The van der Waals surface area contributed by atoms with E-state index in [0.29, 0.717) is 22.5 Å². The first-order valence-corrected chi connectivity index (χ1v) is 38.9. The third-order valence-corrected chi connectivity index (χ3v) is 27.7. The number of nitrogens with zero attached hydrogens (tertiary/aromatic N) is 4. The number of hydrogen-bond donors (Lipinski definition) is 0. The molecule has 0 aliphatic carbocycles. The van der Waals surface area contributed by atoms with E-state index in [1.54, 1.807) is 48.7 Å². The Bertz CT molecular complexity index is 8150. The van der Waals surface area contributed by atoms with Gasteiger partial charge < -0.3 is 4.74 Å². The second-order valence-electron chi connectivity index (χ2n) is 29.2. The van der Waals surface area contributed by atoms with Crippen molar-refractivity contribution < 1.29 is 62.8 Å². The first-order chi connectivity index (χ1) is 69.1. The van der Waals surface area contributed by atoms with Crippen molar-refractivity contribution in [3.05, 3.63) is 392 Å². The van der Waals surface area contributed by atoms with E-state index >= 15 is 0 Å². The van der Waals surface area contributed by atoms with E-state index in [-0.39, 0.29) is 33.6 Å². The molecule has 14 aromatic carbocycles. The van der Waals surface area contributed by atoms with Crippen molar-refractivity contribution in [2.24, 2.45) is 0 Å². The van der Waals surface area contributed by atoms with Gasteiger partial charge in [0.05, 0.1) is 86.9 Å². The molecule has 0 spiro atoms. The van der Waals surface area contributed by atoms with Gasteiger partial charge in [0, 0.05) is 23.0 Å². The quantitative estimate of drug-likeness (QED) is 0.0418. The van der Waals surface area contributed by atoms with Crippen LogP contribution in [-0.2, 0) is 16.2 Å². The van der Waals surface area contributed by atoms with Gasteiger partial charge in [0.15, 0.2) is 16.1 Å². The van der Waals surface area contributed by atoms with Gasteiger partial charge >= 0.3 is 0 Å². The SMILES string of the molecule is [2H]c1c([2H])c([2H])c(-c2cc(-c3c([2H])c([2H])c([2H])c([Si](c4c([2H])c([2H])c([2H])c([2H])c4[2H])(c4c([2H])c([2H])c([2H])c([2H])c4[2H])c4c([2H])c([2H])c([2H])c([2H])c4[2H])c3[2H])c(-[n+]3[c-]n(-c4cccc(Oc5ccc6c7ccccc7n(-c7cc(C(C)(C)C)ccn7)c6c5)c4)c4cc(-c5cc(C(C)(C)C)cc(C(C)(C)C)c5)ccc43)c([Si](c3c([2H])c([2H])c([2H])c([2H])c3[2H])(c3c([2H])c([2H])c([2H])c([2H])c3[2H])c3c([2H])c([2H])c([2H])c([2H])c3[2H])c2)c([2H])c1[2H]. The number of hydrogen-bond acceptors (Lipinski definition) is 2. The monoisotopic (exact) mass is 1480 g/mol. The van der Waals surface area contributed by atoms with Crippen LogP contribution in [0.3, 0.4) is 0 Å². The molecular weight excluding hydrogens is 1350 g/mol. The number of pyridine rings is 1. The number of fused-ring (bicyclic) bond motifs is 4. The van der Waals surface area contributed by atoms with Crippen molar-refractivity contribution in [1.82, 2.24) is 14.1 Å². The number of aromatic nitrogens is 4. The zero-order valence-electron chi connectivity index (χ0n) is 99.4. The van der Waals surface area contributed by atoms with Crippen molar-refractivity contribution >= 4 is 90.5 Å². The van der Waals surface area contributed by atoms with Crippen LogP contribution in [0.15, 0.2) is 369 Å². The Morgan fingerprint density at radius 3 is 1.42 bits per heavy atom. The van der Waals surface area contributed by atoms with Crippen LogP contribution in [0.1, 0.15) is 132 Å². The summed E-state index contributed by atoms with van der Waals surface area (Å²) in [6.07, 6.45) is 5.13. The Balaban J connectivity index is 1.19. The third kappa shape index (κ3) is 12.8. The summed E-state index contributed by atoms with van der Waals surface area (Å²) in [5, 5.41) is -8.70. The van der Waals surface area contributed by atoms with Crippen molar-refractivity contribution in [3.8, 4) is 62.1 Å². The largest absolute Gasteiger partial charge is 0.458 e. The van der Waals surface area contributed by atoms with Crippen LogP contribution in [0, 0.1) is 6.33 Å². The normalized spacial score (nSPS) is 17.3. The molecule has 3 aromatic heterocycles. The first kappa shape index (κ1) is 38.5. The van der Waals surface area contributed by atoms with Crippen LogP contribution >= 0.6 is 0 Å². The Morgan fingerprint density at radius 1 is 0.367 bits per heavy atom. The van der Waals surface area contributed by atoms with Gasteiger partial charge in [-0.15, -0.1) is 0 Å². The topological polar surface area (TPSA) is 35.9 Å². The van der Waals surface area contributed by atoms with Crippen LogP contribution in [0.4, 0.5) is 0 Å². The second kappa shape index (κ2) is 28.1. The van der Waals surface area contributed by atoms with Crippen molar-refractivity contribution in [2.45, 2.75) is 78.6 Å². The Labute approximate surface area is 698 Å². The Kier molecular flexibility index (Phi) is 9.94. The van der Waals surface area contributed by atoms with Crippen molar-refractivity contribution in [2.75, 3.05) is 0 Å². The fraction of sp³-hybridized carbons (Fsp3) is 0.118. The lowest BCUT2D eigenvalue weighted by atomic mass is 9.79. The summed E-state index contributed by atoms with van der Waals surface area (Å²) < 4.78 is 401. The summed E-state index contributed by atoms with van der Waals surface area (Å²) in [5.74, 6) is 0.893. The van der Waals surface area contributed by atoms with Crippen LogP contribution in [0.5, 0.6) is 11.5 Å². The van der Waals surface area contributed by atoms with E-state index in [1.165, 1.54) is 10.6 Å². The molecule has 3 heterocycles. The minimum Gasteiger partial charge on any atom is -0.458 e. The maximum atomic E-state index is 11.8. The minimum atomic E-state index is -7.16. The Hall–Kier alpha value is -12.3. The number of para-hydroxylation sites is 1. The highest BCUT2D eigenvalue weighted by Gasteiger charge is 2.46. The van der Waals surface area contributed by atoms with E-state index in [0.717, 1.165) is 49.7 Å². The molecule has 0 radical (unpaired) electrons. The van der Waals surface area contributed by atoms with E-state index < -0.39 is 332 Å². The molecule has 0 atom stereocenters. The molecule has 0 aliphatic heterocycles. The van der Waals surface area contributed by atoms with Crippen LogP contribution in [0.25, 0.3) is 83.4 Å². The number of benzene rings is 14. The molecule has 17 rings (SSSR count). The summed E-state index contributed by atoms with van der Waals surface area (Å²) in [6.45, 7) is 18.2. The third-order valence-electron chi connectivity index (χ3n) is 19.5. The summed E-state index contributed by atoms with van der Waals surface area (Å²) in [4.78, 5) is 4.88. The average Bonchev–Trinajstić information content (AvgIpc) is 1.09. The molecule has 530 valence electrons. The lowest BCUT2D eigenvalue weighted by molar-refractivity contribution is -0.570. The van der Waals surface area contributed by atoms with Gasteiger partial charge in [-0.1, -0.05) is 359 Å². The second-order valence-corrected chi connectivity index (χ2v) is 36.3. The van der Waals surface area contributed by atoms with Gasteiger partial charge in [0.1, 0.15) is 17.3 Å². The molecular formula is C102H88N4OSi2. The smallest absolute Gasteiger partial charge is 0.269 e. The lowest BCUT2D eigenvalue weighted by Gasteiger charge is -2.37. The molecule has 0 fully saturated rings. The number of imidazole rings is 1. The highest BCUT2D eigenvalue weighted by molar-refractivity contribution is 7.21. The van der Waals surface area contributed by atoms with Gasteiger partial charge in [-0.25, -0.2) is 4.98 Å². The van der Waals surface area contributed by atoms with Crippen molar-refractivity contribution in [1.29, 1.82) is 0 Å². The predicted octanol–water partition coefficient (Wildman–Crippen LogP) is 19.6. The minimum absolute atomic E-state index is 0.0353. The van der Waals surface area contributed by atoms with Crippen LogP contribution in [0.2, 0.25) is 0 Å². The fourth-order valence-corrected chi connectivity index (χ4v) is 21.7.